The molecule has 2 atom stereocenters. The molecule has 2 heterocycles. The van der Waals surface area contributed by atoms with E-state index in [0.29, 0.717) is 36.1 Å². The number of benzene rings is 1. The molecule has 0 bridgehead atoms. The number of hydrogen-bond acceptors (Lipinski definition) is 3. The second-order valence-corrected chi connectivity index (χ2v) is 7.01. The number of aliphatic carboxylic acids is 1. The molecule has 5 heteroatoms. The van der Waals surface area contributed by atoms with Crippen molar-refractivity contribution in [1.29, 1.82) is 0 Å². The van der Waals surface area contributed by atoms with Crippen molar-refractivity contribution in [2.75, 3.05) is 13.1 Å². The molecule has 0 spiro atoms. The topological polar surface area (TPSA) is 70.8 Å². The number of carbonyl (C=O) groups excluding carboxylic acids is 1. The maximum absolute atomic E-state index is 13.1. The summed E-state index contributed by atoms with van der Waals surface area (Å²) in [6.45, 7) is 5.31. The van der Waals surface area contributed by atoms with Crippen LogP contribution in [0, 0.1) is 12.8 Å². The molecule has 1 amide bonds. The Labute approximate surface area is 153 Å². The second-order valence-electron chi connectivity index (χ2n) is 7.01. The number of carbonyl (C=O) groups is 2. The molecule has 26 heavy (non-hydrogen) atoms. The highest BCUT2D eigenvalue weighted by atomic mass is 16.4. The van der Waals surface area contributed by atoms with Gasteiger partial charge in [0.1, 0.15) is 12.2 Å². The summed E-state index contributed by atoms with van der Waals surface area (Å²) >= 11 is 0. The molecule has 1 aromatic carbocycles. The summed E-state index contributed by atoms with van der Waals surface area (Å²) < 4.78 is 5.33. The SMILES string of the molecule is CCC1CN(C(=O)c2c(C)coc2CC(=O)O)CCC1c1ccccc1. The number of piperidine rings is 1. The van der Waals surface area contributed by atoms with Gasteiger partial charge in [0.15, 0.2) is 0 Å². The smallest absolute Gasteiger partial charge is 0.311 e. The van der Waals surface area contributed by atoms with Crippen LogP contribution in [-0.2, 0) is 11.2 Å². The van der Waals surface area contributed by atoms with E-state index in [4.69, 9.17) is 9.52 Å². The lowest BCUT2D eigenvalue weighted by Gasteiger charge is -2.38. The fourth-order valence-electron chi connectivity index (χ4n) is 3.98. The molecule has 1 fully saturated rings. The molecule has 0 radical (unpaired) electrons. The molecule has 0 saturated carbocycles. The van der Waals surface area contributed by atoms with E-state index in [1.165, 1.54) is 11.8 Å². The van der Waals surface area contributed by atoms with Gasteiger partial charge < -0.3 is 14.4 Å². The fourth-order valence-corrected chi connectivity index (χ4v) is 3.98. The standard InChI is InChI=1S/C21H25NO4/c1-3-15-12-22(10-9-17(15)16-7-5-4-6-8-16)21(25)20-14(2)13-26-18(20)11-19(23)24/h4-8,13,15,17H,3,9-12H2,1-2H3,(H,23,24). The Hall–Kier alpha value is -2.56. The molecule has 1 aliphatic heterocycles. The van der Waals surface area contributed by atoms with E-state index < -0.39 is 5.97 Å². The summed E-state index contributed by atoms with van der Waals surface area (Å²) in [7, 11) is 0. The zero-order valence-corrected chi connectivity index (χ0v) is 15.3. The number of carboxylic acid groups (broad SMARTS) is 1. The van der Waals surface area contributed by atoms with Crippen LogP contribution < -0.4 is 0 Å². The van der Waals surface area contributed by atoms with Crippen LogP contribution in [-0.4, -0.2) is 35.0 Å². The lowest BCUT2D eigenvalue weighted by Crippen LogP contribution is -2.43. The van der Waals surface area contributed by atoms with Crippen molar-refractivity contribution in [2.45, 2.75) is 39.0 Å². The molecule has 5 nitrogen and oxygen atoms in total. The molecular weight excluding hydrogens is 330 g/mol. The Kier molecular flexibility index (Phi) is 5.45. The van der Waals surface area contributed by atoms with Gasteiger partial charge >= 0.3 is 5.97 Å². The maximum Gasteiger partial charge on any atom is 0.311 e. The van der Waals surface area contributed by atoms with E-state index >= 15 is 0 Å². The quantitative estimate of drug-likeness (QED) is 0.884. The van der Waals surface area contributed by atoms with Crippen molar-refractivity contribution in [3.05, 3.63) is 59.0 Å². The van der Waals surface area contributed by atoms with Crippen LogP contribution >= 0.6 is 0 Å². The Morgan fingerprint density at radius 3 is 2.65 bits per heavy atom. The van der Waals surface area contributed by atoms with Gasteiger partial charge in [-0.25, -0.2) is 0 Å². The van der Waals surface area contributed by atoms with E-state index in [1.54, 1.807) is 6.92 Å². The number of carboxylic acids is 1. The summed E-state index contributed by atoms with van der Waals surface area (Å²) in [5.41, 5.74) is 2.45. The molecule has 1 N–H and O–H groups in total. The first kappa shape index (κ1) is 18.2. The van der Waals surface area contributed by atoms with Gasteiger partial charge in [-0.2, -0.15) is 0 Å². The Morgan fingerprint density at radius 2 is 2.00 bits per heavy atom. The van der Waals surface area contributed by atoms with E-state index in [0.717, 1.165) is 12.8 Å². The first-order valence-electron chi connectivity index (χ1n) is 9.14. The Bertz CT molecular complexity index is 781. The molecule has 3 rings (SSSR count). The molecule has 1 saturated heterocycles. The number of hydrogen-bond donors (Lipinski definition) is 1. The molecule has 0 aliphatic carbocycles. The van der Waals surface area contributed by atoms with Crippen molar-refractivity contribution < 1.29 is 19.1 Å². The van der Waals surface area contributed by atoms with Gasteiger partial charge in [0.25, 0.3) is 5.91 Å². The molecule has 2 aromatic rings. The summed E-state index contributed by atoms with van der Waals surface area (Å²) in [6.07, 6.45) is 3.11. The maximum atomic E-state index is 13.1. The van der Waals surface area contributed by atoms with Crippen molar-refractivity contribution in [2.24, 2.45) is 5.92 Å². The third-order valence-electron chi connectivity index (χ3n) is 5.35. The number of likely N-dealkylation sites (tertiary alicyclic amines) is 1. The third-order valence-corrected chi connectivity index (χ3v) is 5.35. The van der Waals surface area contributed by atoms with E-state index in [-0.39, 0.29) is 18.1 Å². The Morgan fingerprint density at radius 1 is 1.27 bits per heavy atom. The Balaban J connectivity index is 1.79. The van der Waals surface area contributed by atoms with Gasteiger partial charge in [0, 0.05) is 18.7 Å². The van der Waals surface area contributed by atoms with Gasteiger partial charge in [-0.05, 0) is 30.7 Å². The zero-order valence-electron chi connectivity index (χ0n) is 15.3. The first-order valence-corrected chi connectivity index (χ1v) is 9.14. The van der Waals surface area contributed by atoms with Gasteiger partial charge in [0.2, 0.25) is 0 Å². The van der Waals surface area contributed by atoms with Gasteiger partial charge in [0.05, 0.1) is 11.8 Å². The van der Waals surface area contributed by atoms with Crippen LogP contribution in [0.4, 0.5) is 0 Å². The van der Waals surface area contributed by atoms with Gasteiger partial charge in [-0.3, -0.25) is 9.59 Å². The number of amides is 1. The minimum Gasteiger partial charge on any atom is -0.481 e. The van der Waals surface area contributed by atoms with E-state index in [2.05, 4.69) is 31.2 Å². The molecule has 1 aromatic heterocycles. The van der Waals surface area contributed by atoms with Crippen molar-refractivity contribution >= 4 is 11.9 Å². The average Bonchev–Trinajstić information content (AvgIpc) is 3.00. The van der Waals surface area contributed by atoms with Crippen LogP contribution in [0.2, 0.25) is 0 Å². The highest BCUT2D eigenvalue weighted by molar-refractivity contribution is 5.97. The predicted octanol–water partition coefficient (Wildman–Crippen LogP) is 3.87. The van der Waals surface area contributed by atoms with E-state index in [1.807, 2.05) is 11.0 Å². The van der Waals surface area contributed by atoms with Crippen molar-refractivity contribution in [3.8, 4) is 0 Å². The normalized spacial score (nSPS) is 20.2. The summed E-state index contributed by atoms with van der Waals surface area (Å²) in [4.78, 5) is 26.0. The number of aryl methyl sites for hydroxylation is 1. The first-order chi connectivity index (χ1) is 12.5. The molecular formula is C21H25NO4. The summed E-state index contributed by atoms with van der Waals surface area (Å²) in [5.74, 6) is -0.0160. The minimum absolute atomic E-state index is 0.113. The molecule has 138 valence electrons. The van der Waals surface area contributed by atoms with Gasteiger partial charge in [-0.1, -0.05) is 43.7 Å². The second kappa shape index (κ2) is 7.77. The highest BCUT2D eigenvalue weighted by Crippen LogP contribution is 2.35. The summed E-state index contributed by atoms with van der Waals surface area (Å²) in [6, 6.07) is 10.5. The van der Waals surface area contributed by atoms with Crippen LogP contribution in [0.25, 0.3) is 0 Å². The number of nitrogens with zero attached hydrogens (tertiary/aromatic N) is 1. The molecule has 1 aliphatic rings. The van der Waals surface area contributed by atoms with Gasteiger partial charge in [-0.15, -0.1) is 0 Å². The minimum atomic E-state index is -0.998. The lowest BCUT2D eigenvalue weighted by atomic mass is 9.79. The van der Waals surface area contributed by atoms with Crippen LogP contribution in [0.15, 0.2) is 41.0 Å². The monoisotopic (exact) mass is 355 g/mol. The van der Waals surface area contributed by atoms with Crippen LogP contribution in [0.1, 0.15) is 52.9 Å². The predicted molar refractivity (Wildman–Crippen MR) is 98.3 cm³/mol. The largest absolute Gasteiger partial charge is 0.481 e. The average molecular weight is 355 g/mol. The number of furan rings is 1. The highest BCUT2D eigenvalue weighted by Gasteiger charge is 2.33. The summed E-state index contributed by atoms with van der Waals surface area (Å²) in [5, 5.41) is 9.05. The fraction of sp³-hybridized carbons (Fsp3) is 0.429. The lowest BCUT2D eigenvalue weighted by molar-refractivity contribution is -0.136. The van der Waals surface area contributed by atoms with Crippen molar-refractivity contribution in [1.82, 2.24) is 4.90 Å². The van der Waals surface area contributed by atoms with Crippen LogP contribution in [0.3, 0.4) is 0 Å². The third kappa shape index (κ3) is 3.66. The van der Waals surface area contributed by atoms with E-state index in [9.17, 15) is 9.59 Å². The van der Waals surface area contributed by atoms with Crippen molar-refractivity contribution in [3.63, 3.8) is 0 Å². The zero-order chi connectivity index (χ0) is 18.7. The molecule has 2 unspecified atom stereocenters. The van der Waals surface area contributed by atoms with Crippen LogP contribution in [0.5, 0.6) is 0 Å². The number of rotatable bonds is 5.